The van der Waals surface area contributed by atoms with Crippen molar-refractivity contribution in [2.24, 2.45) is 0 Å². The zero-order chi connectivity index (χ0) is 12.8. The molecule has 0 aliphatic carbocycles. The number of rotatable bonds is 5. The quantitative estimate of drug-likeness (QED) is 0.839. The molecule has 0 unspecified atom stereocenters. The molecular formula is C12H13N3O2S. The van der Waals surface area contributed by atoms with Crippen molar-refractivity contribution in [3.05, 3.63) is 47.0 Å². The highest BCUT2D eigenvalue weighted by molar-refractivity contribution is 7.07. The van der Waals surface area contributed by atoms with Crippen molar-refractivity contribution in [1.29, 1.82) is 0 Å². The predicted octanol–water partition coefficient (Wildman–Crippen LogP) is 0.871. The summed E-state index contributed by atoms with van der Waals surface area (Å²) in [7, 11) is 0. The molecule has 94 valence electrons. The normalized spacial score (nSPS) is 12.1. The summed E-state index contributed by atoms with van der Waals surface area (Å²) >= 11 is 1.04. The van der Waals surface area contributed by atoms with Crippen LogP contribution in [0.5, 0.6) is 0 Å². The van der Waals surface area contributed by atoms with Crippen LogP contribution in [0.3, 0.4) is 0 Å². The Morgan fingerprint density at radius 1 is 1.39 bits per heavy atom. The van der Waals surface area contributed by atoms with Gasteiger partial charge in [0.15, 0.2) is 0 Å². The summed E-state index contributed by atoms with van der Waals surface area (Å²) in [4.78, 5) is 12.2. The summed E-state index contributed by atoms with van der Waals surface area (Å²) < 4.78 is 3.63. The first-order valence-electron chi connectivity index (χ1n) is 5.52. The molecule has 1 atom stereocenters. The van der Waals surface area contributed by atoms with Crippen LogP contribution in [0.2, 0.25) is 0 Å². The fraction of sp³-hybridized carbons (Fsp3) is 0.250. The molecule has 0 aliphatic heterocycles. The highest BCUT2D eigenvalue weighted by Gasteiger charge is 2.15. The summed E-state index contributed by atoms with van der Waals surface area (Å²) in [5.41, 5.74) is 1.07. The maximum atomic E-state index is 11.8. The largest absolute Gasteiger partial charge is 0.394 e. The smallest absolute Gasteiger partial charge is 0.264 e. The van der Waals surface area contributed by atoms with E-state index in [1.54, 1.807) is 0 Å². The maximum absolute atomic E-state index is 11.8. The molecule has 6 heteroatoms. The van der Waals surface area contributed by atoms with Gasteiger partial charge in [-0.2, -0.15) is 0 Å². The summed E-state index contributed by atoms with van der Waals surface area (Å²) in [6.07, 6.45) is 2.01. The summed E-state index contributed by atoms with van der Waals surface area (Å²) in [6.45, 7) is -0.104. The third kappa shape index (κ3) is 3.35. The van der Waals surface area contributed by atoms with E-state index in [1.165, 1.54) is 6.20 Å². The van der Waals surface area contributed by atoms with Gasteiger partial charge in [0.05, 0.1) is 18.8 Å². The Hall–Kier alpha value is -1.79. The number of nitrogens with zero attached hydrogens (tertiary/aromatic N) is 2. The maximum Gasteiger partial charge on any atom is 0.264 e. The van der Waals surface area contributed by atoms with E-state index in [0.717, 1.165) is 17.1 Å². The second kappa shape index (κ2) is 6.23. The van der Waals surface area contributed by atoms with E-state index >= 15 is 0 Å². The molecule has 0 radical (unpaired) electrons. The Balaban J connectivity index is 1.96. The van der Waals surface area contributed by atoms with Gasteiger partial charge in [0.2, 0.25) is 0 Å². The van der Waals surface area contributed by atoms with Crippen LogP contribution in [0, 0.1) is 0 Å². The van der Waals surface area contributed by atoms with Gasteiger partial charge in [-0.05, 0) is 23.5 Å². The minimum atomic E-state index is -0.304. The molecule has 5 nitrogen and oxygen atoms in total. The van der Waals surface area contributed by atoms with Gasteiger partial charge in [0.1, 0.15) is 4.88 Å². The monoisotopic (exact) mass is 263 g/mol. The van der Waals surface area contributed by atoms with Crippen molar-refractivity contribution in [3.8, 4) is 0 Å². The average molecular weight is 263 g/mol. The first kappa shape index (κ1) is 12.7. The lowest BCUT2D eigenvalue weighted by atomic mass is 10.1. The minimum absolute atomic E-state index is 0.104. The van der Waals surface area contributed by atoms with Crippen molar-refractivity contribution in [3.63, 3.8) is 0 Å². The van der Waals surface area contributed by atoms with Gasteiger partial charge >= 0.3 is 0 Å². The molecule has 1 amide bonds. The second-order valence-corrected chi connectivity index (χ2v) is 4.61. The number of carbonyl (C=O) groups excluding carboxylic acids is 1. The molecule has 0 bridgehead atoms. The number of carbonyl (C=O) groups is 1. The molecule has 1 heterocycles. The van der Waals surface area contributed by atoms with Crippen LogP contribution in [0.15, 0.2) is 36.5 Å². The van der Waals surface area contributed by atoms with Crippen LogP contribution in [-0.4, -0.2) is 33.2 Å². The number of hydrogen-bond donors (Lipinski definition) is 2. The standard InChI is InChI=1S/C12H13N3O2S/c16-8-10(6-9-4-2-1-3-5-9)14-12(17)11-7-13-15-18-11/h1-5,7,10,16H,6,8H2,(H,14,17)/t10-/m1/s1. The van der Waals surface area contributed by atoms with E-state index in [2.05, 4.69) is 14.9 Å². The van der Waals surface area contributed by atoms with Crippen molar-refractivity contribution in [2.45, 2.75) is 12.5 Å². The number of benzene rings is 1. The molecule has 0 saturated heterocycles. The number of aromatic nitrogens is 2. The van der Waals surface area contributed by atoms with Crippen molar-refractivity contribution in [1.82, 2.24) is 14.9 Å². The van der Waals surface area contributed by atoms with E-state index in [4.69, 9.17) is 0 Å². The molecule has 0 saturated carbocycles. The third-order valence-corrected chi connectivity index (χ3v) is 3.13. The molecule has 0 aliphatic rings. The third-order valence-electron chi connectivity index (χ3n) is 2.47. The van der Waals surface area contributed by atoms with Gasteiger partial charge in [-0.15, -0.1) is 5.10 Å². The Kier molecular flexibility index (Phi) is 4.38. The fourth-order valence-electron chi connectivity index (χ4n) is 1.58. The van der Waals surface area contributed by atoms with Gasteiger partial charge in [-0.25, -0.2) is 0 Å². The van der Waals surface area contributed by atoms with Gasteiger partial charge in [0, 0.05) is 0 Å². The SMILES string of the molecule is O=C(N[C@@H](CO)Cc1ccccc1)c1cnns1. The Morgan fingerprint density at radius 2 is 2.17 bits per heavy atom. The average Bonchev–Trinajstić information content (AvgIpc) is 2.93. The number of nitrogens with one attached hydrogen (secondary N) is 1. The van der Waals surface area contributed by atoms with Crippen LogP contribution in [0.1, 0.15) is 15.2 Å². The van der Waals surface area contributed by atoms with E-state index < -0.39 is 0 Å². The zero-order valence-corrected chi connectivity index (χ0v) is 10.4. The number of amides is 1. The first-order chi connectivity index (χ1) is 8.79. The lowest BCUT2D eigenvalue weighted by Gasteiger charge is -2.15. The summed E-state index contributed by atoms with van der Waals surface area (Å²) in [5.74, 6) is -0.250. The molecule has 1 aromatic carbocycles. The van der Waals surface area contributed by atoms with Gasteiger partial charge < -0.3 is 10.4 Å². The van der Waals surface area contributed by atoms with E-state index in [-0.39, 0.29) is 18.6 Å². The first-order valence-corrected chi connectivity index (χ1v) is 6.30. The Bertz CT molecular complexity index is 487. The molecule has 2 N–H and O–H groups in total. The molecular weight excluding hydrogens is 250 g/mol. The molecule has 2 aromatic rings. The number of aliphatic hydroxyl groups excluding tert-OH is 1. The highest BCUT2D eigenvalue weighted by atomic mass is 32.1. The van der Waals surface area contributed by atoms with E-state index in [0.29, 0.717) is 11.3 Å². The Labute approximate surface area is 109 Å². The summed E-state index contributed by atoms with van der Waals surface area (Å²) in [6, 6.07) is 9.41. The lowest BCUT2D eigenvalue weighted by molar-refractivity contribution is 0.0920. The lowest BCUT2D eigenvalue weighted by Crippen LogP contribution is -2.38. The van der Waals surface area contributed by atoms with Crippen LogP contribution in [0.4, 0.5) is 0 Å². The Morgan fingerprint density at radius 3 is 2.78 bits per heavy atom. The van der Waals surface area contributed by atoms with Gasteiger partial charge in [-0.1, -0.05) is 34.8 Å². The van der Waals surface area contributed by atoms with Crippen LogP contribution < -0.4 is 5.32 Å². The van der Waals surface area contributed by atoms with Crippen molar-refractivity contribution >= 4 is 17.4 Å². The van der Waals surface area contributed by atoms with Crippen LogP contribution in [0.25, 0.3) is 0 Å². The van der Waals surface area contributed by atoms with Gasteiger partial charge in [0.25, 0.3) is 5.91 Å². The van der Waals surface area contributed by atoms with Crippen LogP contribution >= 0.6 is 11.5 Å². The van der Waals surface area contributed by atoms with E-state index in [9.17, 15) is 9.90 Å². The molecule has 0 spiro atoms. The zero-order valence-electron chi connectivity index (χ0n) is 9.61. The molecule has 18 heavy (non-hydrogen) atoms. The molecule has 1 aromatic heterocycles. The van der Waals surface area contributed by atoms with Crippen molar-refractivity contribution < 1.29 is 9.90 Å². The van der Waals surface area contributed by atoms with Gasteiger partial charge in [-0.3, -0.25) is 4.79 Å². The van der Waals surface area contributed by atoms with E-state index in [1.807, 2.05) is 30.3 Å². The fourth-order valence-corrected chi connectivity index (χ4v) is 2.00. The minimum Gasteiger partial charge on any atom is -0.394 e. The number of hydrogen-bond acceptors (Lipinski definition) is 5. The van der Waals surface area contributed by atoms with Crippen LogP contribution in [-0.2, 0) is 6.42 Å². The molecule has 2 rings (SSSR count). The summed E-state index contributed by atoms with van der Waals surface area (Å²) in [5, 5.41) is 15.7. The highest BCUT2D eigenvalue weighted by Crippen LogP contribution is 2.06. The molecule has 0 fully saturated rings. The number of aliphatic hydroxyl groups is 1. The predicted molar refractivity (Wildman–Crippen MR) is 68.4 cm³/mol. The second-order valence-electron chi connectivity index (χ2n) is 3.82. The topological polar surface area (TPSA) is 75.1 Å². The van der Waals surface area contributed by atoms with Crippen molar-refractivity contribution in [2.75, 3.05) is 6.61 Å².